The minimum absolute atomic E-state index is 0.344. The Morgan fingerprint density at radius 3 is 2.56 bits per heavy atom. The van der Waals surface area contributed by atoms with Gasteiger partial charge in [0.2, 0.25) is 0 Å². The molecule has 1 aromatic rings. The molecular formula is C11H13F2NO2. The van der Waals surface area contributed by atoms with Gasteiger partial charge in [-0.25, -0.2) is 8.78 Å². The van der Waals surface area contributed by atoms with Crippen molar-refractivity contribution in [2.75, 3.05) is 13.2 Å². The average molecular weight is 229 g/mol. The first-order valence-corrected chi connectivity index (χ1v) is 5.10. The number of hydrogen-bond acceptors (Lipinski definition) is 3. The minimum Gasteiger partial charge on any atom is -0.350 e. The van der Waals surface area contributed by atoms with Gasteiger partial charge in [-0.1, -0.05) is 6.07 Å². The van der Waals surface area contributed by atoms with Crippen LogP contribution in [0.4, 0.5) is 8.78 Å². The molecule has 0 aliphatic carbocycles. The number of halogens is 2. The molecule has 0 saturated carbocycles. The summed E-state index contributed by atoms with van der Waals surface area (Å²) < 4.78 is 36.1. The minimum atomic E-state index is -0.888. The molecule has 1 fully saturated rings. The first-order chi connectivity index (χ1) is 7.66. The molecule has 88 valence electrons. The lowest BCUT2D eigenvalue weighted by molar-refractivity contribution is -0.0507. The molecule has 0 aromatic heterocycles. The summed E-state index contributed by atoms with van der Waals surface area (Å²) in [5.74, 6) is -1.76. The highest BCUT2D eigenvalue weighted by atomic mass is 19.2. The summed E-state index contributed by atoms with van der Waals surface area (Å²) in [6, 6.07) is 3.23. The van der Waals surface area contributed by atoms with Crippen LogP contribution in [0.5, 0.6) is 0 Å². The second-order valence-electron chi connectivity index (χ2n) is 3.69. The number of hydrogen-bond donors (Lipinski definition) is 1. The Kier molecular flexibility index (Phi) is 3.48. The third-order valence-corrected chi connectivity index (χ3v) is 2.51. The van der Waals surface area contributed by atoms with Crippen LogP contribution in [-0.4, -0.2) is 19.5 Å². The molecule has 1 unspecified atom stereocenters. The van der Waals surface area contributed by atoms with E-state index in [9.17, 15) is 8.78 Å². The highest BCUT2D eigenvalue weighted by molar-refractivity contribution is 5.20. The quantitative estimate of drug-likeness (QED) is 0.858. The third kappa shape index (κ3) is 2.55. The van der Waals surface area contributed by atoms with Gasteiger partial charge in [0.05, 0.1) is 13.2 Å². The fraction of sp³-hybridized carbons (Fsp3) is 0.455. The van der Waals surface area contributed by atoms with Gasteiger partial charge in [-0.05, 0) is 17.7 Å². The number of benzene rings is 1. The third-order valence-electron chi connectivity index (χ3n) is 2.51. The molecule has 0 amide bonds. The zero-order chi connectivity index (χ0) is 11.5. The van der Waals surface area contributed by atoms with Crippen molar-refractivity contribution >= 4 is 0 Å². The second kappa shape index (κ2) is 4.86. The van der Waals surface area contributed by atoms with E-state index in [0.717, 1.165) is 12.1 Å². The summed E-state index contributed by atoms with van der Waals surface area (Å²) in [7, 11) is 0. The molecule has 5 heteroatoms. The van der Waals surface area contributed by atoms with E-state index in [-0.39, 0.29) is 6.29 Å². The van der Waals surface area contributed by atoms with Gasteiger partial charge in [-0.3, -0.25) is 0 Å². The van der Waals surface area contributed by atoms with Crippen LogP contribution in [0.1, 0.15) is 18.0 Å². The summed E-state index contributed by atoms with van der Waals surface area (Å²) in [6.45, 7) is 1.10. The average Bonchev–Trinajstić information content (AvgIpc) is 2.74. The van der Waals surface area contributed by atoms with Gasteiger partial charge in [0.15, 0.2) is 17.9 Å². The van der Waals surface area contributed by atoms with Crippen LogP contribution in [0.2, 0.25) is 0 Å². The predicted molar refractivity (Wildman–Crippen MR) is 53.6 cm³/mol. The van der Waals surface area contributed by atoms with Crippen molar-refractivity contribution in [1.29, 1.82) is 0 Å². The van der Waals surface area contributed by atoms with Crippen molar-refractivity contribution in [3.05, 3.63) is 35.4 Å². The molecule has 0 radical (unpaired) electrons. The molecule has 1 aromatic carbocycles. The van der Waals surface area contributed by atoms with Gasteiger partial charge in [0.25, 0.3) is 0 Å². The van der Waals surface area contributed by atoms with E-state index in [1.54, 1.807) is 0 Å². The van der Waals surface area contributed by atoms with Crippen LogP contribution in [-0.2, 0) is 9.47 Å². The Labute approximate surface area is 92.1 Å². The van der Waals surface area contributed by atoms with E-state index >= 15 is 0 Å². The molecule has 1 aliphatic rings. The van der Waals surface area contributed by atoms with Crippen LogP contribution >= 0.6 is 0 Å². The molecule has 0 spiro atoms. The van der Waals surface area contributed by atoms with Gasteiger partial charge < -0.3 is 15.2 Å². The Morgan fingerprint density at radius 1 is 1.25 bits per heavy atom. The highest BCUT2D eigenvalue weighted by Gasteiger charge is 2.20. The molecular weight excluding hydrogens is 216 g/mol. The largest absolute Gasteiger partial charge is 0.350 e. The van der Waals surface area contributed by atoms with E-state index in [1.807, 2.05) is 0 Å². The molecule has 1 atom stereocenters. The van der Waals surface area contributed by atoms with Crippen LogP contribution < -0.4 is 5.73 Å². The normalized spacial score (nSPS) is 18.9. The smallest absolute Gasteiger partial charge is 0.159 e. The van der Waals surface area contributed by atoms with Crippen LogP contribution in [0.3, 0.4) is 0 Å². The monoisotopic (exact) mass is 229 g/mol. The lowest BCUT2D eigenvalue weighted by atomic mass is 10.0. The van der Waals surface area contributed by atoms with Crippen molar-refractivity contribution in [1.82, 2.24) is 0 Å². The van der Waals surface area contributed by atoms with Gasteiger partial charge in [0, 0.05) is 12.5 Å². The maximum absolute atomic E-state index is 13.0. The summed E-state index contributed by atoms with van der Waals surface area (Å²) in [4.78, 5) is 0. The Bertz CT molecular complexity index is 367. The molecule has 2 rings (SSSR count). The maximum atomic E-state index is 13.0. The molecule has 1 saturated heterocycles. The van der Waals surface area contributed by atoms with Crippen molar-refractivity contribution in [2.45, 2.75) is 18.8 Å². The van der Waals surface area contributed by atoms with Crippen molar-refractivity contribution in [2.24, 2.45) is 5.73 Å². The maximum Gasteiger partial charge on any atom is 0.159 e. The summed E-state index contributed by atoms with van der Waals surface area (Å²) in [5, 5.41) is 0. The van der Waals surface area contributed by atoms with Crippen LogP contribution in [0, 0.1) is 11.6 Å². The van der Waals surface area contributed by atoms with Crippen LogP contribution in [0.25, 0.3) is 0 Å². The van der Waals surface area contributed by atoms with E-state index < -0.39 is 17.7 Å². The lowest BCUT2D eigenvalue weighted by Gasteiger charge is -2.16. The van der Waals surface area contributed by atoms with Gasteiger partial charge in [-0.2, -0.15) is 0 Å². The Hall–Kier alpha value is -1.04. The van der Waals surface area contributed by atoms with E-state index in [0.29, 0.717) is 25.2 Å². The van der Waals surface area contributed by atoms with Crippen molar-refractivity contribution < 1.29 is 18.3 Å². The first-order valence-electron chi connectivity index (χ1n) is 5.10. The topological polar surface area (TPSA) is 44.5 Å². The SMILES string of the molecule is NC(CC1OCCO1)c1ccc(F)c(F)c1. The summed E-state index contributed by atoms with van der Waals surface area (Å²) >= 11 is 0. The van der Waals surface area contributed by atoms with Crippen LogP contribution in [0.15, 0.2) is 18.2 Å². The first kappa shape index (κ1) is 11.4. The molecule has 16 heavy (non-hydrogen) atoms. The van der Waals surface area contributed by atoms with E-state index in [2.05, 4.69) is 0 Å². The zero-order valence-corrected chi connectivity index (χ0v) is 8.66. The highest BCUT2D eigenvalue weighted by Crippen LogP contribution is 2.21. The van der Waals surface area contributed by atoms with Crippen molar-refractivity contribution in [3.63, 3.8) is 0 Å². The molecule has 0 bridgehead atoms. The summed E-state index contributed by atoms with van der Waals surface area (Å²) in [6.07, 6.45) is 0.0912. The Balaban J connectivity index is 2.02. The number of ether oxygens (including phenoxy) is 2. The van der Waals surface area contributed by atoms with E-state index in [4.69, 9.17) is 15.2 Å². The fourth-order valence-corrected chi connectivity index (χ4v) is 1.63. The zero-order valence-electron chi connectivity index (χ0n) is 8.66. The van der Waals surface area contributed by atoms with Gasteiger partial charge in [0.1, 0.15) is 0 Å². The number of nitrogens with two attached hydrogens (primary N) is 1. The molecule has 3 nitrogen and oxygen atoms in total. The van der Waals surface area contributed by atoms with Gasteiger partial charge >= 0.3 is 0 Å². The molecule has 1 aliphatic heterocycles. The molecule has 1 heterocycles. The molecule has 2 N–H and O–H groups in total. The lowest BCUT2D eigenvalue weighted by Crippen LogP contribution is -2.19. The second-order valence-corrected chi connectivity index (χ2v) is 3.69. The summed E-state index contributed by atoms with van der Waals surface area (Å²) in [5.41, 5.74) is 6.38. The fourth-order valence-electron chi connectivity index (χ4n) is 1.63. The predicted octanol–water partition coefficient (Wildman–Crippen LogP) is 1.73. The van der Waals surface area contributed by atoms with Gasteiger partial charge in [-0.15, -0.1) is 0 Å². The van der Waals surface area contributed by atoms with Crippen molar-refractivity contribution in [3.8, 4) is 0 Å². The standard InChI is InChI=1S/C11H13F2NO2/c12-8-2-1-7(5-9(8)13)10(14)6-11-15-3-4-16-11/h1-2,5,10-11H,3-4,6,14H2. The Morgan fingerprint density at radius 2 is 1.94 bits per heavy atom. The number of rotatable bonds is 3. The van der Waals surface area contributed by atoms with E-state index in [1.165, 1.54) is 6.07 Å².